The first kappa shape index (κ1) is 19.7. The Morgan fingerprint density at radius 3 is 2.26 bits per heavy atom. The highest BCUT2D eigenvalue weighted by atomic mass is 16.5. The van der Waals surface area contributed by atoms with Gasteiger partial charge in [-0.15, -0.1) is 0 Å². The number of amides is 2. The SMILES string of the molecule is CC(C)(C)[C@H](NC(=O)OCc1ccccc1)C(=O)N1CC2CCCCC2C1. The molecule has 2 unspecified atom stereocenters. The molecule has 0 spiro atoms. The van der Waals surface area contributed by atoms with Gasteiger partial charge in [0, 0.05) is 13.1 Å². The fourth-order valence-electron chi connectivity index (χ4n) is 4.30. The van der Waals surface area contributed by atoms with Gasteiger partial charge in [0.05, 0.1) is 0 Å². The van der Waals surface area contributed by atoms with Crippen molar-refractivity contribution in [3.63, 3.8) is 0 Å². The number of hydrogen-bond donors (Lipinski definition) is 1. The fraction of sp³-hybridized carbons (Fsp3) is 0.636. The fourth-order valence-corrected chi connectivity index (χ4v) is 4.30. The molecule has 5 nitrogen and oxygen atoms in total. The van der Waals surface area contributed by atoms with Gasteiger partial charge in [0.25, 0.3) is 0 Å². The monoisotopic (exact) mass is 372 g/mol. The zero-order valence-corrected chi connectivity index (χ0v) is 16.7. The zero-order valence-electron chi connectivity index (χ0n) is 16.7. The first-order valence-electron chi connectivity index (χ1n) is 10.1. The Morgan fingerprint density at radius 1 is 1.11 bits per heavy atom. The van der Waals surface area contributed by atoms with Crippen LogP contribution in [0.2, 0.25) is 0 Å². The second-order valence-electron chi connectivity index (χ2n) is 9.05. The Kier molecular flexibility index (Phi) is 6.08. The molecule has 1 heterocycles. The lowest BCUT2D eigenvalue weighted by Crippen LogP contribution is -2.54. The van der Waals surface area contributed by atoms with Crippen LogP contribution in [0.15, 0.2) is 30.3 Å². The summed E-state index contributed by atoms with van der Waals surface area (Å²) in [6.07, 6.45) is 4.46. The first-order valence-corrected chi connectivity index (χ1v) is 10.1. The van der Waals surface area contributed by atoms with Crippen LogP contribution in [0.3, 0.4) is 0 Å². The Morgan fingerprint density at radius 2 is 1.70 bits per heavy atom. The average Bonchev–Trinajstić information content (AvgIpc) is 3.08. The second-order valence-corrected chi connectivity index (χ2v) is 9.05. The maximum atomic E-state index is 13.2. The quantitative estimate of drug-likeness (QED) is 0.870. The standard InChI is InChI=1S/C22H32N2O3/c1-22(2,3)19(23-21(26)27-15-16-9-5-4-6-10-16)20(25)24-13-17-11-7-8-12-18(17)14-24/h4-6,9-10,17-19H,7-8,11-15H2,1-3H3,(H,23,26)/t17?,18?,19-/m1/s1. The van der Waals surface area contributed by atoms with Crippen LogP contribution >= 0.6 is 0 Å². The summed E-state index contributed by atoms with van der Waals surface area (Å²) in [5, 5.41) is 2.83. The number of rotatable bonds is 4. The van der Waals surface area contributed by atoms with Crippen LogP contribution in [0.5, 0.6) is 0 Å². The molecule has 2 fully saturated rings. The van der Waals surface area contributed by atoms with Crippen molar-refractivity contribution < 1.29 is 14.3 Å². The number of nitrogens with zero attached hydrogens (tertiary/aromatic N) is 1. The topological polar surface area (TPSA) is 58.6 Å². The molecule has 2 aliphatic rings. The molecule has 0 aromatic heterocycles. The molecule has 1 aliphatic heterocycles. The van der Waals surface area contributed by atoms with Gasteiger partial charge in [-0.25, -0.2) is 4.79 Å². The zero-order chi connectivity index (χ0) is 19.4. The summed E-state index contributed by atoms with van der Waals surface area (Å²) in [6, 6.07) is 8.97. The third kappa shape index (κ3) is 5.02. The van der Waals surface area contributed by atoms with Gasteiger partial charge in [-0.05, 0) is 35.7 Å². The summed E-state index contributed by atoms with van der Waals surface area (Å²) in [5.41, 5.74) is 0.547. The number of nitrogens with one attached hydrogen (secondary N) is 1. The van der Waals surface area contributed by atoms with E-state index in [2.05, 4.69) is 5.32 Å². The van der Waals surface area contributed by atoms with Crippen molar-refractivity contribution in [1.29, 1.82) is 0 Å². The number of hydrogen-bond acceptors (Lipinski definition) is 3. The van der Waals surface area contributed by atoms with Gasteiger partial charge >= 0.3 is 6.09 Å². The van der Waals surface area contributed by atoms with Crippen molar-refractivity contribution in [2.24, 2.45) is 17.3 Å². The minimum absolute atomic E-state index is 0.0218. The van der Waals surface area contributed by atoms with E-state index in [9.17, 15) is 9.59 Å². The Hall–Kier alpha value is -2.04. The Bertz CT molecular complexity index is 639. The van der Waals surface area contributed by atoms with E-state index in [1.165, 1.54) is 25.7 Å². The van der Waals surface area contributed by atoms with Crippen molar-refractivity contribution in [2.45, 2.75) is 59.1 Å². The minimum Gasteiger partial charge on any atom is -0.445 e. The van der Waals surface area contributed by atoms with Crippen LogP contribution in [0.1, 0.15) is 52.0 Å². The Labute approximate surface area is 162 Å². The van der Waals surface area contributed by atoms with E-state index < -0.39 is 12.1 Å². The number of benzene rings is 1. The molecule has 1 aliphatic carbocycles. The highest BCUT2D eigenvalue weighted by Gasteiger charge is 2.42. The Balaban J connectivity index is 1.60. The van der Waals surface area contributed by atoms with E-state index in [1.54, 1.807) is 0 Å². The van der Waals surface area contributed by atoms with Crippen molar-refractivity contribution in [2.75, 3.05) is 13.1 Å². The maximum absolute atomic E-state index is 13.2. The molecule has 1 N–H and O–H groups in total. The lowest BCUT2D eigenvalue weighted by atomic mass is 9.82. The van der Waals surface area contributed by atoms with Crippen LogP contribution in [-0.2, 0) is 16.1 Å². The predicted molar refractivity (Wildman–Crippen MR) is 105 cm³/mol. The van der Waals surface area contributed by atoms with Gasteiger partial charge in [-0.1, -0.05) is 63.9 Å². The molecule has 1 aromatic carbocycles. The van der Waals surface area contributed by atoms with Gasteiger partial charge in [0.1, 0.15) is 12.6 Å². The van der Waals surface area contributed by atoms with Gasteiger partial charge in [-0.2, -0.15) is 0 Å². The van der Waals surface area contributed by atoms with Gasteiger partial charge in [0.15, 0.2) is 0 Å². The number of carbonyl (C=O) groups is 2. The van der Waals surface area contributed by atoms with Crippen molar-refractivity contribution in [3.05, 3.63) is 35.9 Å². The first-order chi connectivity index (χ1) is 12.8. The molecular formula is C22H32N2O3. The number of carbonyl (C=O) groups excluding carboxylic acids is 2. The highest BCUT2D eigenvalue weighted by molar-refractivity contribution is 5.86. The van der Waals surface area contributed by atoms with E-state index in [0.29, 0.717) is 11.8 Å². The summed E-state index contributed by atoms with van der Waals surface area (Å²) < 4.78 is 5.34. The van der Waals surface area contributed by atoms with E-state index in [0.717, 1.165) is 18.7 Å². The summed E-state index contributed by atoms with van der Waals surface area (Å²) in [7, 11) is 0. The largest absolute Gasteiger partial charge is 0.445 e. The van der Waals surface area contributed by atoms with Crippen LogP contribution in [0.4, 0.5) is 4.79 Å². The molecule has 0 bridgehead atoms. The van der Waals surface area contributed by atoms with Crippen molar-refractivity contribution >= 4 is 12.0 Å². The maximum Gasteiger partial charge on any atom is 0.408 e. The van der Waals surface area contributed by atoms with E-state index in [4.69, 9.17) is 4.74 Å². The lowest BCUT2D eigenvalue weighted by molar-refractivity contribution is -0.135. The molecule has 5 heteroatoms. The summed E-state index contributed by atoms with van der Waals surface area (Å²) in [6.45, 7) is 7.81. The summed E-state index contributed by atoms with van der Waals surface area (Å²) in [5.74, 6) is 1.29. The van der Waals surface area contributed by atoms with Gasteiger partial charge in [0.2, 0.25) is 5.91 Å². The second kappa shape index (κ2) is 8.32. The molecule has 148 valence electrons. The van der Waals surface area contributed by atoms with Gasteiger partial charge < -0.3 is 15.0 Å². The van der Waals surface area contributed by atoms with E-state index in [-0.39, 0.29) is 17.9 Å². The smallest absolute Gasteiger partial charge is 0.408 e. The van der Waals surface area contributed by atoms with Crippen LogP contribution in [-0.4, -0.2) is 36.0 Å². The van der Waals surface area contributed by atoms with E-state index in [1.807, 2.05) is 56.0 Å². The third-order valence-corrected chi connectivity index (χ3v) is 5.88. The van der Waals surface area contributed by atoms with Crippen LogP contribution in [0, 0.1) is 17.3 Å². The number of ether oxygens (including phenoxy) is 1. The van der Waals surface area contributed by atoms with Crippen molar-refractivity contribution in [1.82, 2.24) is 10.2 Å². The summed E-state index contributed by atoms with van der Waals surface area (Å²) in [4.78, 5) is 27.5. The van der Waals surface area contributed by atoms with Crippen LogP contribution < -0.4 is 5.32 Å². The number of fused-ring (bicyclic) bond motifs is 1. The minimum atomic E-state index is -0.582. The predicted octanol–water partition coefficient (Wildman–Crippen LogP) is 3.98. The highest BCUT2D eigenvalue weighted by Crippen LogP contribution is 2.37. The molecule has 1 saturated carbocycles. The average molecular weight is 373 g/mol. The molecular weight excluding hydrogens is 340 g/mol. The lowest BCUT2D eigenvalue weighted by Gasteiger charge is -2.33. The molecule has 3 atom stereocenters. The molecule has 2 amide bonds. The van der Waals surface area contributed by atoms with Gasteiger partial charge in [-0.3, -0.25) is 4.79 Å². The number of likely N-dealkylation sites (tertiary alicyclic amines) is 1. The number of alkyl carbamates (subject to hydrolysis) is 1. The van der Waals surface area contributed by atoms with Crippen molar-refractivity contribution in [3.8, 4) is 0 Å². The summed E-state index contributed by atoms with van der Waals surface area (Å²) >= 11 is 0. The molecule has 3 rings (SSSR count). The third-order valence-electron chi connectivity index (χ3n) is 5.88. The van der Waals surface area contributed by atoms with Crippen LogP contribution in [0.25, 0.3) is 0 Å². The molecule has 1 saturated heterocycles. The van der Waals surface area contributed by atoms with E-state index >= 15 is 0 Å². The molecule has 27 heavy (non-hydrogen) atoms. The molecule has 0 radical (unpaired) electrons. The normalized spacial score (nSPS) is 23.4. The molecule has 1 aromatic rings.